The Hall–Kier alpha value is -4.76. The fourth-order valence-electron chi connectivity index (χ4n) is 4.97. The molecular formula is C31H26N4O4S. The summed E-state index contributed by atoms with van der Waals surface area (Å²) in [6.45, 7) is 1.91. The molecule has 0 bridgehead atoms. The molecule has 1 atom stereocenters. The van der Waals surface area contributed by atoms with E-state index in [2.05, 4.69) is 15.3 Å². The van der Waals surface area contributed by atoms with Gasteiger partial charge in [-0.15, -0.1) is 11.3 Å². The van der Waals surface area contributed by atoms with Crippen molar-refractivity contribution >= 4 is 45.8 Å². The van der Waals surface area contributed by atoms with E-state index in [1.165, 1.54) is 6.92 Å². The number of rotatable bonds is 7. The van der Waals surface area contributed by atoms with E-state index in [4.69, 9.17) is 4.74 Å². The molecule has 5 aromatic rings. The van der Waals surface area contributed by atoms with Gasteiger partial charge in [0.25, 0.3) is 5.91 Å². The van der Waals surface area contributed by atoms with E-state index in [-0.39, 0.29) is 24.8 Å². The summed E-state index contributed by atoms with van der Waals surface area (Å²) in [6.07, 6.45) is -0.602. The normalized spacial score (nSPS) is 14.4. The predicted octanol–water partition coefficient (Wildman–Crippen LogP) is 5.61. The van der Waals surface area contributed by atoms with Crippen LogP contribution >= 0.6 is 11.3 Å². The van der Waals surface area contributed by atoms with Crippen molar-refractivity contribution in [1.82, 2.24) is 15.3 Å². The molecule has 0 saturated carbocycles. The van der Waals surface area contributed by atoms with Gasteiger partial charge in [0.2, 0.25) is 5.91 Å². The number of carbonyl (C=O) groups is 3. The first-order valence-electron chi connectivity index (χ1n) is 13.0. The fraction of sp³-hybridized carbons (Fsp3) is 0.161. The van der Waals surface area contributed by atoms with Gasteiger partial charge in [-0.25, -0.2) is 4.98 Å². The maximum absolute atomic E-state index is 13.7. The summed E-state index contributed by atoms with van der Waals surface area (Å²) in [4.78, 5) is 50.1. The summed E-state index contributed by atoms with van der Waals surface area (Å²) >= 11 is 1.57. The minimum atomic E-state index is -0.715. The zero-order valence-corrected chi connectivity index (χ0v) is 22.5. The summed E-state index contributed by atoms with van der Waals surface area (Å²) in [5, 5.41) is 2.97. The molecule has 2 N–H and O–H groups in total. The molecule has 0 saturated heterocycles. The number of hydrogen-bond donors (Lipinski definition) is 2. The summed E-state index contributed by atoms with van der Waals surface area (Å²) < 4.78 is 5.68. The first-order chi connectivity index (χ1) is 19.5. The van der Waals surface area contributed by atoms with Crippen LogP contribution in [-0.4, -0.2) is 34.3 Å². The van der Waals surface area contributed by atoms with Crippen molar-refractivity contribution in [3.05, 3.63) is 106 Å². The van der Waals surface area contributed by atoms with Gasteiger partial charge in [0.05, 0.1) is 28.1 Å². The molecule has 9 heteroatoms. The number of aromatic amines is 1. The van der Waals surface area contributed by atoms with E-state index >= 15 is 0 Å². The minimum Gasteiger partial charge on any atom is -0.453 e. The average Bonchev–Trinajstić information content (AvgIpc) is 3.60. The molecule has 1 unspecified atom stereocenters. The number of para-hydroxylation sites is 3. The number of ether oxygens (including phenoxy) is 1. The first-order valence-corrected chi connectivity index (χ1v) is 13.8. The maximum Gasteiger partial charge on any atom is 0.303 e. The van der Waals surface area contributed by atoms with E-state index in [0.717, 1.165) is 26.6 Å². The smallest absolute Gasteiger partial charge is 0.303 e. The van der Waals surface area contributed by atoms with Crippen molar-refractivity contribution in [1.29, 1.82) is 0 Å². The van der Waals surface area contributed by atoms with E-state index in [1.54, 1.807) is 34.4 Å². The SMILES string of the molecule is CC(=O)OC1c2ccccc2C(=O)N(CCC(=O)NCc2ccc(-c3nc4ccccc4[nH]3)s2)c2ccccc21. The predicted molar refractivity (Wildman–Crippen MR) is 154 cm³/mol. The number of anilines is 1. The Morgan fingerprint density at radius 3 is 2.55 bits per heavy atom. The van der Waals surface area contributed by atoms with Gasteiger partial charge in [-0.3, -0.25) is 14.4 Å². The molecule has 1 aliphatic rings. The number of fused-ring (bicyclic) bond motifs is 3. The quantitative estimate of drug-likeness (QED) is 0.256. The van der Waals surface area contributed by atoms with Crippen LogP contribution in [0.5, 0.6) is 0 Å². The van der Waals surface area contributed by atoms with Gasteiger partial charge in [0.1, 0.15) is 5.82 Å². The number of thiophene rings is 1. The highest BCUT2D eigenvalue weighted by Gasteiger charge is 2.34. The zero-order chi connectivity index (χ0) is 27.6. The van der Waals surface area contributed by atoms with Crippen molar-refractivity contribution in [2.75, 3.05) is 11.4 Å². The van der Waals surface area contributed by atoms with Gasteiger partial charge in [-0.2, -0.15) is 0 Å². The van der Waals surface area contributed by atoms with Crippen LogP contribution in [0.2, 0.25) is 0 Å². The average molecular weight is 551 g/mol. The topological polar surface area (TPSA) is 104 Å². The monoisotopic (exact) mass is 550 g/mol. The molecule has 40 heavy (non-hydrogen) atoms. The fourth-order valence-corrected chi connectivity index (χ4v) is 5.86. The van der Waals surface area contributed by atoms with Crippen LogP contribution in [-0.2, 0) is 20.9 Å². The Bertz CT molecular complexity index is 1710. The number of esters is 1. The third-order valence-electron chi connectivity index (χ3n) is 6.82. The Morgan fingerprint density at radius 1 is 0.975 bits per heavy atom. The lowest BCUT2D eigenvalue weighted by Crippen LogP contribution is -2.35. The Morgan fingerprint density at radius 2 is 1.73 bits per heavy atom. The van der Waals surface area contributed by atoms with E-state index in [0.29, 0.717) is 28.9 Å². The Kier molecular flexibility index (Phi) is 6.88. The number of H-pyrrole nitrogens is 1. The highest BCUT2D eigenvalue weighted by Crippen LogP contribution is 2.39. The van der Waals surface area contributed by atoms with E-state index in [1.807, 2.05) is 66.7 Å². The molecule has 6 rings (SSSR count). The number of hydrogen-bond acceptors (Lipinski definition) is 6. The van der Waals surface area contributed by atoms with Gasteiger partial charge in [-0.1, -0.05) is 48.5 Å². The molecule has 2 amide bonds. The molecule has 8 nitrogen and oxygen atoms in total. The number of carbonyl (C=O) groups excluding carboxylic acids is 3. The molecule has 0 radical (unpaired) electrons. The second-order valence-electron chi connectivity index (χ2n) is 9.49. The van der Waals surface area contributed by atoms with Gasteiger partial charge in [0.15, 0.2) is 6.10 Å². The molecule has 2 aromatic heterocycles. The van der Waals surface area contributed by atoms with Crippen LogP contribution in [0.1, 0.15) is 45.8 Å². The zero-order valence-electron chi connectivity index (χ0n) is 21.7. The molecule has 0 fully saturated rings. The highest BCUT2D eigenvalue weighted by molar-refractivity contribution is 7.15. The minimum absolute atomic E-state index is 0.113. The van der Waals surface area contributed by atoms with Crippen molar-refractivity contribution < 1.29 is 19.1 Å². The number of aromatic nitrogens is 2. The molecule has 1 aliphatic heterocycles. The van der Waals surface area contributed by atoms with Crippen LogP contribution in [0.15, 0.2) is 84.9 Å². The molecule has 0 aliphatic carbocycles. The maximum atomic E-state index is 13.7. The van der Waals surface area contributed by atoms with Crippen molar-refractivity contribution in [2.45, 2.75) is 26.0 Å². The number of nitrogens with one attached hydrogen (secondary N) is 2. The molecular weight excluding hydrogens is 524 g/mol. The number of nitrogens with zero attached hydrogens (tertiary/aromatic N) is 2. The molecule has 200 valence electrons. The number of imidazole rings is 1. The van der Waals surface area contributed by atoms with Gasteiger partial charge in [0, 0.05) is 41.5 Å². The van der Waals surface area contributed by atoms with Crippen LogP contribution < -0.4 is 10.2 Å². The Labute approximate surface area is 234 Å². The first kappa shape index (κ1) is 25.5. The summed E-state index contributed by atoms with van der Waals surface area (Å²) in [7, 11) is 0. The largest absolute Gasteiger partial charge is 0.453 e. The van der Waals surface area contributed by atoms with Gasteiger partial charge >= 0.3 is 5.97 Å². The molecule has 0 spiro atoms. The van der Waals surface area contributed by atoms with E-state index in [9.17, 15) is 14.4 Å². The van der Waals surface area contributed by atoms with Crippen molar-refractivity contribution in [3.63, 3.8) is 0 Å². The summed E-state index contributed by atoms with van der Waals surface area (Å²) in [5.74, 6) is -0.0429. The van der Waals surface area contributed by atoms with Crippen molar-refractivity contribution in [2.24, 2.45) is 0 Å². The van der Waals surface area contributed by atoms with Gasteiger partial charge in [-0.05, 0) is 36.4 Å². The third kappa shape index (κ3) is 4.99. The van der Waals surface area contributed by atoms with Crippen LogP contribution in [0, 0.1) is 0 Å². The highest BCUT2D eigenvalue weighted by atomic mass is 32.1. The Balaban J connectivity index is 1.16. The van der Waals surface area contributed by atoms with Crippen LogP contribution in [0.4, 0.5) is 5.69 Å². The van der Waals surface area contributed by atoms with E-state index < -0.39 is 12.1 Å². The lowest BCUT2D eigenvalue weighted by atomic mass is 9.97. The molecule has 3 aromatic carbocycles. The number of benzene rings is 3. The second-order valence-corrected chi connectivity index (χ2v) is 10.7. The third-order valence-corrected chi connectivity index (χ3v) is 7.91. The van der Waals surface area contributed by atoms with Crippen LogP contribution in [0.25, 0.3) is 21.7 Å². The lowest BCUT2D eigenvalue weighted by Gasteiger charge is -2.24. The second kappa shape index (κ2) is 10.8. The van der Waals surface area contributed by atoms with Gasteiger partial charge < -0.3 is 19.9 Å². The summed E-state index contributed by atoms with van der Waals surface area (Å²) in [6, 6.07) is 26.3. The standard InChI is InChI=1S/C31H26N4O4S/c1-19(36)39-29-21-8-2-3-9-22(21)31(38)35(26-13-7-4-10-23(26)29)17-16-28(37)32-18-20-14-15-27(40-20)30-33-24-11-5-6-12-25(24)34-30/h2-15,29H,16-18H2,1H3,(H,32,37)(H,33,34). The molecule has 3 heterocycles. The lowest BCUT2D eigenvalue weighted by molar-refractivity contribution is -0.144. The number of amides is 2. The van der Waals surface area contributed by atoms with Crippen LogP contribution in [0.3, 0.4) is 0 Å². The summed E-state index contributed by atoms with van der Waals surface area (Å²) in [5.41, 5.74) is 4.28. The van der Waals surface area contributed by atoms with Crippen molar-refractivity contribution in [3.8, 4) is 10.7 Å².